The maximum absolute atomic E-state index is 12.8. The normalized spacial score (nSPS) is 10.9. The molecule has 27 heavy (non-hydrogen) atoms. The summed E-state index contributed by atoms with van der Waals surface area (Å²) in [5.41, 5.74) is 2.48. The van der Waals surface area contributed by atoms with Gasteiger partial charge in [0, 0.05) is 30.4 Å². The van der Waals surface area contributed by atoms with Crippen molar-refractivity contribution in [2.75, 3.05) is 6.61 Å². The number of rotatable bonds is 7. The van der Waals surface area contributed by atoms with E-state index in [0.717, 1.165) is 16.6 Å². The number of pyridine rings is 1. The molecule has 1 aromatic carbocycles. The van der Waals surface area contributed by atoms with Gasteiger partial charge in [0.15, 0.2) is 0 Å². The molecule has 1 amide bonds. The molecule has 2 heterocycles. The number of nitrogens with zero attached hydrogens (tertiary/aromatic N) is 1. The molecule has 0 bridgehead atoms. The van der Waals surface area contributed by atoms with Gasteiger partial charge < -0.3 is 14.6 Å². The van der Waals surface area contributed by atoms with Crippen molar-refractivity contribution in [2.45, 2.75) is 13.2 Å². The van der Waals surface area contributed by atoms with E-state index in [4.69, 9.17) is 16.3 Å². The van der Waals surface area contributed by atoms with Gasteiger partial charge in [-0.15, -0.1) is 17.9 Å². The van der Waals surface area contributed by atoms with E-state index in [-0.39, 0.29) is 11.0 Å². The number of ether oxygens (including phenoxy) is 1. The lowest BCUT2D eigenvalue weighted by Gasteiger charge is -2.09. The van der Waals surface area contributed by atoms with Crippen molar-refractivity contribution in [3.63, 3.8) is 0 Å². The van der Waals surface area contributed by atoms with E-state index in [9.17, 15) is 9.59 Å². The molecular weight excluding hydrogens is 384 g/mol. The molecule has 2 aromatic heterocycles. The Balaban J connectivity index is 1.83. The van der Waals surface area contributed by atoms with E-state index >= 15 is 0 Å². The van der Waals surface area contributed by atoms with Gasteiger partial charge in [-0.25, -0.2) is 0 Å². The molecule has 0 fully saturated rings. The van der Waals surface area contributed by atoms with Crippen LogP contribution in [0.4, 0.5) is 0 Å². The molecule has 0 aliphatic heterocycles. The third-order valence-corrected chi connectivity index (χ3v) is 5.34. The van der Waals surface area contributed by atoms with Gasteiger partial charge in [0.1, 0.15) is 5.56 Å². The number of aryl methyl sites for hydroxylation is 1. The van der Waals surface area contributed by atoms with Crippen molar-refractivity contribution in [1.29, 1.82) is 0 Å². The first-order chi connectivity index (χ1) is 13.0. The van der Waals surface area contributed by atoms with Gasteiger partial charge in [-0.3, -0.25) is 9.59 Å². The number of halogens is 1. The van der Waals surface area contributed by atoms with Gasteiger partial charge in [-0.1, -0.05) is 29.8 Å². The van der Waals surface area contributed by atoms with Crippen LogP contribution in [0.2, 0.25) is 5.02 Å². The number of carbonyl (C=O) groups is 1. The molecule has 140 valence electrons. The number of benzene rings is 1. The molecule has 5 nitrogen and oxygen atoms in total. The maximum Gasteiger partial charge on any atom is 0.257 e. The summed E-state index contributed by atoms with van der Waals surface area (Å²) >= 11 is 7.19. The van der Waals surface area contributed by atoms with Crippen LogP contribution in [-0.4, -0.2) is 17.1 Å². The second kappa shape index (κ2) is 8.52. The Kier molecular flexibility index (Phi) is 6.11. The standard InChI is InChI=1S/C20H19ClN2O3S/c1-3-8-26-11-14-12-27-19-17(14)23(2)10-16(18(19)24)20(25)22-9-13-4-6-15(21)7-5-13/h3-7,10,12H,1,8-9,11H2,2H3,(H,22,25). The van der Waals surface area contributed by atoms with Crippen LogP contribution < -0.4 is 10.7 Å². The smallest absolute Gasteiger partial charge is 0.257 e. The minimum atomic E-state index is -0.398. The molecule has 0 atom stereocenters. The number of carbonyl (C=O) groups excluding carboxylic acids is 1. The number of fused-ring (bicyclic) bond motifs is 1. The Labute approximate surface area is 165 Å². The highest BCUT2D eigenvalue weighted by molar-refractivity contribution is 7.17. The van der Waals surface area contributed by atoms with Crippen LogP contribution in [0.15, 0.2) is 53.3 Å². The summed E-state index contributed by atoms with van der Waals surface area (Å²) in [6.45, 7) is 4.77. The lowest BCUT2D eigenvalue weighted by Crippen LogP contribution is -2.29. The number of amides is 1. The highest BCUT2D eigenvalue weighted by Gasteiger charge is 2.17. The quantitative estimate of drug-likeness (QED) is 0.482. The van der Waals surface area contributed by atoms with E-state index in [2.05, 4.69) is 11.9 Å². The minimum Gasteiger partial charge on any atom is -0.373 e. The third-order valence-electron chi connectivity index (χ3n) is 4.07. The first-order valence-corrected chi connectivity index (χ1v) is 9.58. The SMILES string of the molecule is C=CCOCc1csc2c(=O)c(C(=O)NCc3ccc(Cl)cc3)cn(C)c12. The van der Waals surface area contributed by atoms with Crippen LogP contribution in [0.1, 0.15) is 21.5 Å². The van der Waals surface area contributed by atoms with E-state index in [1.54, 1.807) is 29.0 Å². The molecule has 1 N–H and O–H groups in total. The second-order valence-electron chi connectivity index (χ2n) is 6.03. The van der Waals surface area contributed by atoms with Crippen LogP contribution in [0.3, 0.4) is 0 Å². The van der Waals surface area contributed by atoms with Gasteiger partial charge in [0.25, 0.3) is 5.91 Å². The third kappa shape index (κ3) is 4.30. The predicted octanol–water partition coefficient (Wildman–Crippen LogP) is 3.89. The van der Waals surface area contributed by atoms with Crippen molar-refractivity contribution in [3.8, 4) is 0 Å². The van der Waals surface area contributed by atoms with Gasteiger partial charge >= 0.3 is 0 Å². The molecule has 0 saturated heterocycles. The van der Waals surface area contributed by atoms with Crippen molar-refractivity contribution >= 4 is 39.1 Å². The highest BCUT2D eigenvalue weighted by Crippen LogP contribution is 2.24. The Morgan fingerprint density at radius 3 is 2.81 bits per heavy atom. The summed E-state index contributed by atoms with van der Waals surface area (Å²) in [5.74, 6) is -0.398. The fourth-order valence-electron chi connectivity index (χ4n) is 2.77. The minimum absolute atomic E-state index is 0.124. The fraction of sp³-hybridized carbons (Fsp3) is 0.200. The number of hydrogen-bond acceptors (Lipinski definition) is 4. The van der Waals surface area contributed by atoms with Crippen LogP contribution >= 0.6 is 22.9 Å². The monoisotopic (exact) mass is 402 g/mol. The number of thiophene rings is 1. The average Bonchev–Trinajstić information content (AvgIpc) is 3.09. The summed E-state index contributed by atoms with van der Waals surface area (Å²) < 4.78 is 7.84. The van der Waals surface area contributed by atoms with E-state index < -0.39 is 5.91 Å². The van der Waals surface area contributed by atoms with E-state index in [0.29, 0.717) is 29.5 Å². The van der Waals surface area contributed by atoms with Crippen molar-refractivity contribution in [1.82, 2.24) is 9.88 Å². The van der Waals surface area contributed by atoms with Gasteiger partial charge in [0.2, 0.25) is 5.43 Å². The fourth-order valence-corrected chi connectivity index (χ4v) is 3.94. The van der Waals surface area contributed by atoms with Gasteiger partial charge in [-0.05, 0) is 23.1 Å². The maximum atomic E-state index is 12.8. The van der Waals surface area contributed by atoms with Crippen LogP contribution in [-0.2, 0) is 24.9 Å². The topological polar surface area (TPSA) is 60.3 Å². The zero-order valence-electron chi connectivity index (χ0n) is 14.8. The Hall–Kier alpha value is -2.41. The second-order valence-corrected chi connectivity index (χ2v) is 7.35. The van der Waals surface area contributed by atoms with Crippen LogP contribution in [0, 0.1) is 0 Å². The average molecular weight is 403 g/mol. The molecule has 7 heteroatoms. The molecular formula is C20H19ClN2O3S. The largest absolute Gasteiger partial charge is 0.373 e. The molecule has 0 aliphatic carbocycles. The molecule has 0 aliphatic rings. The predicted molar refractivity (Wildman–Crippen MR) is 110 cm³/mol. The molecule has 3 aromatic rings. The molecule has 3 rings (SSSR count). The Bertz CT molecular complexity index is 1040. The van der Waals surface area contributed by atoms with Crippen LogP contribution in [0.25, 0.3) is 10.2 Å². The lowest BCUT2D eigenvalue weighted by molar-refractivity contribution is 0.0949. The molecule has 0 saturated carbocycles. The molecule has 0 unspecified atom stereocenters. The summed E-state index contributed by atoms with van der Waals surface area (Å²) in [6, 6.07) is 7.18. The Morgan fingerprint density at radius 1 is 1.37 bits per heavy atom. The Morgan fingerprint density at radius 2 is 2.11 bits per heavy atom. The summed E-state index contributed by atoms with van der Waals surface area (Å²) in [5, 5.41) is 5.32. The van der Waals surface area contributed by atoms with Gasteiger partial charge in [0.05, 0.1) is 23.4 Å². The number of hydrogen-bond donors (Lipinski definition) is 1. The van der Waals surface area contributed by atoms with E-state index in [1.165, 1.54) is 11.3 Å². The van der Waals surface area contributed by atoms with Crippen molar-refractivity contribution in [3.05, 3.63) is 80.4 Å². The van der Waals surface area contributed by atoms with Gasteiger partial charge in [-0.2, -0.15) is 0 Å². The zero-order chi connectivity index (χ0) is 19.4. The van der Waals surface area contributed by atoms with Crippen molar-refractivity contribution < 1.29 is 9.53 Å². The first-order valence-electron chi connectivity index (χ1n) is 8.32. The lowest BCUT2D eigenvalue weighted by atomic mass is 10.2. The van der Waals surface area contributed by atoms with E-state index in [1.807, 2.05) is 24.6 Å². The summed E-state index contributed by atoms with van der Waals surface area (Å²) in [6.07, 6.45) is 3.25. The summed E-state index contributed by atoms with van der Waals surface area (Å²) in [4.78, 5) is 25.3. The number of nitrogens with one attached hydrogen (secondary N) is 1. The first kappa shape index (κ1) is 19.4. The van der Waals surface area contributed by atoms with Crippen molar-refractivity contribution in [2.24, 2.45) is 7.05 Å². The molecule has 0 spiro atoms. The molecule has 0 radical (unpaired) electrons. The highest BCUT2D eigenvalue weighted by atomic mass is 35.5. The summed E-state index contributed by atoms with van der Waals surface area (Å²) in [7, 11) is 1.82. The zero-order valence-corrected chi connectivity index (χ0v) is 16.4. The number of aromatic nitrogens is 1. The van der Waals surface area contributed by atoms with Crippen LogP contribution in [0.5, 0.6) is 0 Å².